The van der Waals surface area contributed by atoms with Crippen molar-refractivity contribution in [3.05, 3.63) is 183 Å². The van der Waals surface area contributed by atoms with Gasteiger partial charge in [-0.15, -0.1) is 11.3 Å². The van der Waals surface area contributed by atoms with Crippen molar-refractivity contribution in [3.8, 4) is 60.9 Å². The molecule has 0 fully saturated rings. The van der Waals surface area contributed by atoms with Crippen molar-refractivity contribution in [2.45, 2.75) is 0 Å². The molecular weight excluding hydrogens is 653 g/mol. The summed E-state index contributed by atoms with van der Waals surface area (Å²) in [6, 6.07) is 56.2. The number of aromatic nitrogens is 4. The molecule has 0 amide bonds. The van der Waals surface area contributed by atoms with Crippen LogP contribution in [0.2, 0.25) is 0 Å². The maximum absolute atomic E-state index is 5.21. The van der Waals surface area contributed by atoms with E-state index in [1.807, 2.05) is 60.4 Å². The Balaban J connectivity index is 1.20. The van der Waals surface area contributed by atoms with Crippen LogP contribution < -0.4 is 0 Å². The summed E-state index contributed by atoms with van der Waals surface area (Å²) in [4.78, 5) is 15.0. The van der Waals surface area contributed by atoms with Crippen LogP contribution in [-0.4, -0.2) is 19.5 Å². The number of nitrogens with zero attached hydrogens (tertiary/aromatic N) is 4. The van der Waals surface area contributed by atoms with Gasteiger partial charge in [-0.05, 0) is 82.9 Å². The minimum absolute atomic E-state index is 0.900. The van der Waals surface area contributed by atoms with Gasteiger partial charge in [0.15, 0.2) is 0 Å². The Bertz CT molecular complexity index is 2820. The van der Waals surface area contributed by atoms with E-state index in [2.05, 4.69) is 148 Å². The Kier molecular flexibility index (Phi) is 7.29. The SMILES string of the molecule is c1ccc(-c2sc3c(ccc4c3c3ccccc3n4-c3cccc(-c4cc(-c5ccncc5)cc(-c5ccncc5)n4)c3)c2-c2ccccc2)cc1. The Morgan fingerprint density at radius 2 is 1.06 bits per heavy atom. The van der Waals surface area contributed by atoms with Crippen molar-refractivity contribution in [1.29, 1.82) is 0 Å². The van der Waals surface area contributed by atoms with E-state index in [-0.39, 0.29) is 0 Å². The molecular formula is C47H30N4S. The molecule has 0 saturated carbocycles. The fourth-order valence-electron chi connectivity index (χ4n) is 7.43. The Hall–Kier alpha value is -6.69. The summed E-state index contributed by atoms with van der Waals surface area (Å²) in [6.45, 7) is 0. The molecule has 0 spiro atoms. The average molecular weight is 683 g/mol. The number of hydrogen-bond donors (Lipinski definition) is 0. The van der Waals surface area contributed by atoms with E-state index in [4.69, 9.17) is 4.98 Å². The van der Waals surface area contributed by atoms with Crippen LogP contribution in [0.4, 0.5) is 0 Å². The van der Waals surface area contributed by atoms with E-state index in [1.54, 1.807) is 0 Å². The monoisotopic (exact) mass is 682 g/mol. The van der Waals surface area contributed by atoms with Gasteiger partial charge in [0, 0.05) is 72.9 Å². The maximum Gasteiger partial charge on any atom is 0.0716 e. The van der Waals surface area contributed by atoms with Gasteiger partial charge in [0.25, 0.3) is 0 Å². The number of fused-ring (bicyclic) bond motifs is 5. The van der Waals surface area contributed by atoms with Crippen molar-refractivity contribution < 1.29 is 0 Å². The average Bonchev–Trinajstić information content (AvgIpc) is 3.78. The molecule has 0 saturated heterocycles. The largest absolute Gasteiger partial charge is 0.309 e. The van der Waals surface area contributed by atoms with Crippen molar-refractivity contribution in [3.63, 3.8) is 0 Å². The molecule has 0 aliphatic heterocycles. The highest BCUT2D eigenvalue weighted by molar-refractivity contribution is 7.24. The van der Waals surface area contributed by atoms with Gasteiger partial charge in [0.05, 0.1) is 22.4 Å². The van der Waals surface area contributed by atoms with Crippen molar-refractivity contribution >= 4 is 43.2 Å². The van der Waals surface area contributed by atoms with Crippen LogP contribution in [0.5, 0.6) is 0 Å². The lowest BCUT2D eigenvalue weighted by Crippen LogP contribution is -1.96. The van der Waals surface area contributed by atoms with Crippen LogP contribution in [0.1, 0.15) is 0 Å². The van der Waals surface area contributed by atoms with Gasteiger partial charge in [-0.25, -0.2) is 4.98 Å². The summed E-state index contributed by atoms with van der Waals surface area (Å²) < 4.78 is 3.71. The van der Waals surface area contributed by atoms with Gasteiger partial charge >= 0.3 is 0 Å². The maximum atomic E-state index is 5.21. The highest BCUT2D eigenvalue weighted by atomic mass is 32.1. The number of rotatable bonds is 6. The molecule has 0 aliphatic rings. The first-order valence-electron chi connectivity index (χ1n) is 17.3. The van der Waals surface area contributed by atoms with Gasteiger partial charge in [-0.3, -0.25) is 9.97 Å². The van der Waals surface area contributed by atoms with Crippen LogP contribution in [0.3, 0.4) is 0 Å². The molecule has 4 nitrogen and oxygen atoms in total. The topological polar surface area (TPSA) is 43.6 Å². The van der Waals surface area contributed by atoms with Gasteiger partial charge in [-0.1, -0.05) is 97.1 Å². The molecule has 0 radical (unpaired) electrons. The second kappa shape index (κ2) is 12.6. The molecule has 5 heteroatoms. The highest BCUT2D eigenvalue weighted by Gasteiger charge is 2.22. The summed E-state index contributed by atoms with van der Waals surface area (Å²) in [6.07, 6.45) is 7.30. The van der Waals surface area contributed by atoms with Crippen LogP contribution in [0, 0.1) is 0 Å². The lowest BCUT2D eigenvalue weighted by Gasteiger charge is -2.13. The van der Waals surface area contributed by atoms with E-state index in [1.165, 1.54) is 53.5 Å². The molecule has 0 aliphatic carbocycles. The molecule has 10 rings (SSSR count). The van der Waals surface area contributed by atoms with E-state index in [9.17, 15) is 0 Å². The molecule has 0 atom stereocenters. The molecule has 0 bridgehead atoms. The first-order chi connectivity index (χ1) is 25.8. The smallest absolute Gasteiger partial charge is 0.0716 e. The van der Waals surface area contributed by atoms with Crippen LogP contribution in [0.15, 0.2) is 183 Å². The first-order valence-corrected chi connectivity index (χ1v) is 18.1. The van der Waals surface area contributed by atoms with E-state index < -0.39 is 0 Å². The second-order valence-corrected chi connectivity index (χ2v) is 13.9. The molecule has 52 heavy (non-hydrogen) atoms. The standard InChI is InChI=1S/C47H30N4S/c1-3-10-33(11-4-1)44-39-18-19-43-45(47(39)52-46(44)34-12-5-2-6-13-34)38-16-7-8-17-42(38)51(43)37-15-9-14-35(28-37)41-30-36(31-20-24-48-25-21-31)29-40(50-41)32-22-26-49-27-23-32/h1-30H. The van der Waals surface area contributed by atoms with Gasteiger partial charge in [-0.2, -0.15) is 0 Å². The van der Waals surface area contributed by atoms with Crippen molar-refractivity contribution in [2.24, 2.45) is 0 Å². The summed E-state index contributed by atoms with van der Waals surface area (Å²) in [5.74, 6) is 0. The highest BCUT2D eigenvalue weighted by Crippen LogP contribution is 2.49. The molecule has 5 aromatic carbocycles. The van der Waals surface area contributed by atoms with Gasteiger partial charge in [0.2, 0.25) is 0 Å². The third-order valence-corrected chi connectivity index (χ3v) is 11.1. The van der Waals surface area contributed by atoms with Crippen LogP contribution in [-0.2, 0) is 0 Å². The number of para-hydroxylation sites is 1. The number of pyridine rings is 3. The second-order valence-electron chi connectivity index (χ2n) is 12.9. The van der Waals surface area contributed by atoms with Crippen molar-refractivity contribution in [1.82, 2.24) is 19.5 Å². The van der Waals surface area contributed by atoms with E-state index in [0.717, 1.165) is 39.3 Å². The predicted octanol–water partition coefficient (Wildman–Crippen LogP) is 12.5. The zero-order chi connectivity index (χ0) is 34.4. The molecule has 0 N–H and O–H groups in total. The molecule has 10 aromatic rings. The van der Waals surface area contributed by atoms with E-state index in [0.29, 0.717) is 0 Å². The molecule has 244 valence electrons. The number of hydrogen-bond acceptors (Lipinski definition) is 4. The summed E-state index contributed by atoms with van der Waals surface area (Å²) in [5.41, 5.74) is 13.3. The lowest BCUT2D eigenvalue weighted by molar-refractivity contribution is 1.18. The van der Waals surface area contributed by atoms with Gasteiger partial charge < -0.3 is 4.57 Å². The molecule has 5 heterocycles. The number of thiophene rings is 1. The Morgan fingerprint density at radius 3 is 1.81 bits per heavy atom. The first kappa shape index (κ1) is 30.2. The van der Waals surface area contributed by atoms with Gasteiger partial charge in [0.1, 0.15) is 0 Å². The Labute approximate surface area is 305 Å². The third-order valence-electron chi connectivity index (χ3n) is 9.81. The minimum Gasteiger partial charge on any atom is -0.309 e. The quantitative estimate of drug-likeness (QED) is 0.175. The van der Waals surface area contributed by atoms with Crippen LogP contribution in [0.25, 0.3) is 92.8 Å². The van der Waals surface area contributed by atoms with E-state index >= 15 is 0 Å². The summed E-state index contributed by atoms with van der Waals surface area (Å²) in [7, 11) is 0. The third kappa shape index (κ3) is 5.10. The molecule has 0 unspecified atom stereocenters. The normalized spacial score (nSPS) is 11.5. The summed E-state index contributed by atoms with van der Waals surface area (Å²) >= 11 is 1.89. The fourth-order valence-corrected chi connectivity index (χ4v) is 8.82. The fraction of sp³-hybridized carbons (Fsp3) is 0. The number of benzene rings is 5. The van der Waals surface area contributed by atoms with Crippen LogP contribution >= 0.6 is 11.3 Å². The predicted molar refractivity (Wildman–Crippen MR) is 217 cm³/mol. The zero-order valence-corrected chi connectivity index (χ0v) is 28.8. The summed E-state index contributed by atoms with van der Waals surface area (Å²) in [5, 5.41) is 3.80. The minimum atomic E-state index is 0.900. The molecule has 5 aromatic heterocycles. The Morgan fingerprint density at radius 1 is 0.423 bits per heavy atom. The lowest BCUT2D eigenvalue weighted by atomic mass is 9.98. The van der Waals surface area contributed by atoms with Crippen molar-refractivity contribution in [2.75, 3.05) is 0 Å². The zero-order valence-electron chi connectivity index (χ0n) is 28.0.